The molecule has 1 aromatic carbocycles. The average molecular weight is 349 g/mol. The van der Waals surface area contributed by atoms with Gasteiger partial charge >= 0.3 is 0 Å². The van der Waals surface area contributed by atoms with Crippen LogP contribution in [-0.4, -0.2) is 0 Å². The Kier molecular flexibility index (Phi) is 4.12. The second-order valence-electron chi connectivity index (χ2n) is 4.92. The third-order valence-corrected chi connectivity index (χ3v) is 6.61. The number of thiophene rings is 3. The summed E-state index contributed by atoms with van der Waals surface area (Å²) in [5.41, 5.74) is 2.17. The van der Waals surface area contributed by atoms with Crippen LogP contribution in [0.3, 0.4) is 0 Å². The molecule has 4 aromatic rings. The van der Waals surface area contributed by atoms with Gasteiger partial charge in [-0.2, -0.15) is 0 Å². The molecule has 110 valence electrons. The minimum atomic E-state index is 1.05. The molecule has 0 N–H and O–H groups in total. The van der Waals surface area contributed by atoms with Crippen molar-refractivity contribution in [1.29, 1.82) is 0 Å². The molecule has 3 aromatic heterocycles. The molecule has 0 bridgehead atoms. The van der Waals surface area contributed by atoms with Gasteiger partial charge in [-0.15, -0.1) is 34.0 Å². The normalized spacial score (nSPS) is 10.3. The fourth-order valence-electron chi connectivity index (χ4n) is 2.28. The maximum Gasteiger partial charge on any atom is 0.0606 e. The van der Waals surface area contributed by atoms with E-state index in [4.69, 9.17) is 0 Å². The summed E-state index contributed by atoms with van der Waals surface area (Å²) in [5.74, 6) is 6.66. The molecule has 0 aliphatic carbocycles. The molecule has 4 rings (SSSR count). The summed E-state index contributed by atoms with van der Waals surface area (Å²) >= 11 is 5.37. The third kappa shape index (κ3) is 3.16. The first-order valence-electron chi connectivity index (χ1n) is 7.19. The maximum atomic E-state index is 3.37. The number of benzene rings is 1. The van der Waals surface area contributed by atoms with Gasteiger partial charge in [-0.05, 0) is 41.1 Å². The van der Waals surface area contributed by atoms with Gasteiger partial charge in [-0.1, -0.05) is 42.2 Å². The molecule has 0 spiro atoms. The summed E-state index contributed by atoms with van der Waals surface area (Å²) in [6.45, 7) is 0. The molecule has 0 nitrogen and oxygen atoms in total. The zero-order valence-electron chi connectivity index (χ0n) is 12.2. The van der Waals surface area contributed by atoms with Gasteiger partial charge in [-0.3, -0.25) is 0 Å². The summed E-state index contributed by atoms with van der Waals surface area (Å²) in [5, 5.41) is 4.24. The van der Waals surface area contributed by atoms with Crippen LogP contribution in [0.2, 0.25) is 0 Å². The highest BCUT2D eigenvalue weighted by Gasteiger charge is 2.12. The van der Waals surface area contributed by atoms with E-state index in [0.29, 0.717) is 0 Å². The van der Waals surface area contributed by atoms with E-state index in [2.05, 4.69) is 52.9 Å². The topological polar surface area (TPSA) is 0 Å². The van der Waals surface area contributed by atoms with Crippen molar-refractivity contribution in [2.24, 2.45) is 0 Å². The van der Waals surface area contributed by atoms with Crippen molar-refractivity contribution < 1.29 is 0 Å². The molecule has 0 atom stereocenters. The second kappa shape index (κ2) is 6.55. The van der Waals surface area contributed by atoms with Crippen molar-refractivity contribution in [3.05, 3.63) is 82.6 Å². The Balaban J connectivity index is 1.80. The standard InChI is InChI=1S/C20H12S3/c1-2-6-15(7-3-1)10-11-16-14-19(17-8-4-12-21-17)23-20(16)18-9-5-13-22-18/h1-9,12-14H. The third-order valence-electron chi connectivity index (χ3n) is 3.36. The van der Waals surface area contributed by atoms with E-state index in [1.165, 1.54) is 19.5 Å². The lowest BCUT2D eigenvalue weighted by Gasteiger charge is -1.93. The molecule has 0 saturated carbocycles. The van der Waals surface area contributed by atoms with Crippen molar-refractivity contribution in [2.45, 2.75) is 0 Å². The van der Waals surface area contributed by atoms with Gasteiger partial charge in [0.05, 0.1) is 4.88 Å². The highest BCUT2D eigenvalue weighted by atomic mass is 32.1. The molecule has 0 amide bonds. The summed E-state index contributed by atoms with van der Waals surface area (Å²) in [6.07, 6.45) is 0. The lowest BCUT2D eigenvalue weighted by atomic mass is 10.2. The minimum Gasteiger partial charge on any atom is -0.143 e. The smallest absolute Gasteiger partial charge is 0.0606 e. The lowest BCUT2D eigenvalue weighted by molar-refractivity contribution is 1.65. The van der Waals surface area contributed by atoms with E-state index >= 15 is 0 Å². The van der Waals surface area contributed by atoms with Crippen LogP contribution in [0.15, 0.2) is 71.4 Å². The fraction of sp³-hybridized carbons (Fsp3) is 0. The summed E-state index contributed by atoms with van der Waals surface area (Å²) in [6, 6.07) is 20.9. The number of hydrogen-bond acceptors (Lipinski definition) is 3. The van der Waals surface area contributed by atoms with E-state index < -0.39 is 0 Å². The van der Waals surface area contributed by atoms with Crippen LogP contribution >= 0.6 is 34.0 Å². The molecule has 0 aliphatic rings. The van der Waals surface area contributed by atoms with Crippen LogP contribution in [0.1, 0.15) is 11.1 Å². The predicted octanol–water partition coefficient (Wildman–Crippen LogP) is 6.60. The van der Waals surface area contributed by atoms with E-state index in [-0.39, 0.29) is 0 Å². The summed E-state index contributed by atoms with van der Waals surface area (Å²) < 4.78 is 0. The van der Waals surface area contributed by atoms with E-state index in [0.717, 1.165) is 11.1 Å². The number of rotatable bonds is 2. The highest BCUT2D eigenvalue weighted by molar-refractivity contribution is 7.26. The van der Waals surface area contributed by atoms with E-state index in [1.54, 1.807) is 22.7 Å². The molecular formula is C20H12S3. The van der Waals surface area contributed by atoms with Crippen molar-refractivity contribution in [3.8, 4) is 31.3 Å². The fourth-order valence-corrected chi connectivity index (χ4v) is 5.08. The predicted molar refractivity (Wildman–Crippen MR) is 103 cm³/mol. The van der Waals surface area contributed by atoms with Crippen LogP contribution in [0.25, 0.3) is 19.5 Å². The first-order valence-corrected chi connectivity index (χ1v) is 9.76. The molecule has 3 heteroatoms. The van der Waals surface area contributed by atoms with Crippen molar-refractivity contribution in [2.75, 3.05) is 0 Å². The van der Waals surface area contributed by atoms with Crippen LogP contribution in [0.4, 0.5) is 0 Å². The zero-order chi connectivity index (χ0) is 15.5. The monoisotopic (exact) mass is 348 g/mol. The molecule has 0 aliphatic heterocycles. The number of hydrogen-bond donors (Lipinski definition) is 0. The highest BCUT2D eigenvalue weighted by Crippen LogP contribution is 2.41. The van der Waals surface area contributed by atoms with E-state index in [1.807, 2.05) is 41.7 Å². The van der Waals surface area contributed by atoms with Crippen LogP contribution in [0.5, 0.6) is 0 Å². The SMILES string of the molecule is C(#Cc1cc(-c2cccs2)sc1-c1cccs1)c1ccccc1. The Morgan fingerprint density at radius 1 is 0.652 bits per heavy atom. The molecule has 0 saturated heterocycles. The van der Waals surface area contributed by atoms with Gasteiger partial charge in [-0.25, -0.2) is 0 Å². The van der Waals surface area contributed by atoms with E-state index in [9.17, 15) is 0 Å². The minimum absolute atomic E-state index is 1.05. The van der Waals surface area contributed by atoms with Crippen LogP contribution in [0, 0.1) is 11.8 Å². The Labute approximate surface area is 147 Å². The second-order valence-corrected chi connectivity index (χ2v) is 7.87. The Bertz CT molecular complexity index is 947. The zero-order valence-corrected chi connectivity index (χ0v) is 14.6. The largest absolute Gasteiger partial charge is 0.143 e. The van der Waals surface area contributed by atoms with Crippen molar-refractivity contribution in [3.63, 3.8) is 0 Å². The maximum absolute atomic E-state index is 3.37. The lowest BCUT2D eigenvalue weighted by Crippen LogP contribution is -1.75. The first kappa shape index (κ1) is 14.5. The summed E-state index contributed by atoms with van der Waals surface area (Å²) in [4.78, 5) is 5.16. The molecular weight excluding hydrogens is 336 g/mol. The Hall–Kier alpha value is -2.12. The average Bonchev–Trinajstić information content (AvgIpc) is 3.33. The van der Waals surface area contributed by atoms with Gasteiger partial charge in [0, 0.05) is 25.8 Å². The van der Waals surface area contributed by atoms with Crippen LogP contribution < -0.4 is 0 Å². The van der Waals surface area contributed by atoms with Gasteiger partial charge in [0.1, 0.15) is 0 Å². The Morgan fingerprint density at radius 2 is 1.39 bits per heavy atom. The summed E-state index contributed by atoms with van der Waals surface area (Å²) in [7, 11) is 0. The van der Waals surface area contributed by atoms with Gasteiger partial charge in [0.25, 0.3) is 0 Å². The quantitative estimate of drug-likeness (QED) is 0.358. The van der Waals surface area contributed by atoms with Gasteiger partial charge in [0.2, 0.25) is 0 Å². The molecule has 0 fully saturated rings. The van der Waals surface area contributed by atoms with Crippen molar-refractivity contribution >= 4 is 34.0 Å². The molecule has 0 unspecified atom stereocenters. The van der Waals surface area contributed by atoms with Crippen LogP contribution in [-0.2, 0) is 0 Å². The van der Waals surface area contributed by atoms with Crippen molar-refractivity contribution in [1.82, 2.24) is 0 Å². The molecule has 23 heavy (non-hydrogen) atoms. The van der Waals surface area contributed by atoms with Gasteiger partial charge in [0.15, 0.2) is 0 Å². The molecule has 0 radical (unpaired) electrons. The molecule has 3 heterocycles. The van der Waals surface area contributed by atoms with Gasteiger partial charge < -0.3 is 0 Å². The Morgan fingerprint density at radius 3 is 2.09 bits per heavy atom. The first-order chi connectivity index (χ1) is 11.4.